The quantitative estimate of drug-likeness (QED) is 0.680. The number of hydrogen-bond donors (Lipinski definition) is 1. The van der Waals surface area contributed by atoms with Gasteiger partial charge in [-0.05, 0) is 40.1 Å². The molecule has 0 radical (unpaired) electrons. The number of pyridine rings is 1. The molecule has 0 bridgehead atoms. The Bertz CT molecular complexity index is 681. The van der Waals surface area contributed by atoms with E-state index in [4.69, 9.17) is 0 Å². The van der Waals surface area contributed by atoms with Gasteiger partial charge in [0.2, 0.25) is 0 Å². The van der Waals surface area contributed by atoms with E-state index in [1.165, 1.54) is 6.20 Å². The predicted octanol–water partition coefficient (Wildman–Crippen LogP) is 3.66. The Morgan fingerprint density at radius 3 is 2.76 bits per heavy atom. The van der Waals surface area contributed by atoms with Crippen LogP contribution in [0, 0.1) is 0 Å². The first kappa shape index (κ1) is 15.1. The maximum absolute atomic E-state index is 11.8. The third-order valence-electron chi connectivity index (χ3n) is 2.60. The van der Waals surface area contributed by atoms with Crippen molar-refractivity contribution in [1.29, 1.82) is 0 Å². The number of nitrogens with zero attached hydrogens (tertiary/aromatic N) is 2. The first-order valence-corrected chi connectivity index (χ1v) is 7.12. The number of halogens is 1. The van der Waals surface area contributed by atoms with Crippen molar-refractivity contribution in [3.63, 3.8) is 0 Å². The van der Waals surface area contributed by atoms with Crippen molar-refractivity contribution < 1.29 is 4.79 Å². The number of rotatable bonds is 4. The Hall–Kier alpha value is -2.27. The van der Waals surface area contributed by atoms with Crippen LogP contribution in [0.15, 0.2) is 63.9 Å². The zero-order valence-electron chi connectivity index (χ0n) is 11.5. The van der Waals surface area contributed by atoms with Crippen LogP contribution in [0.5, 0.6) is 0 Å². The minimum Gasteiger partial charge on any atom is -0.267 e. The van der Waals surface area contributed by atoms with Crippen LogP contribution in [-0.2, 0) is 0 Å². The van der Waals surface area contributed by atoms with Gasteiger partial charge in [0.25, 0.3) is 5.91 Å². The van der Waals surface area contributed by atoms with Crippen molar-refractivity contribution in [1.82, 2.24) is 10.4 Å². The molecule has 2 rings (SSSR count). The van der Waals surface area contributed by atoms with Crippen molar-refractivity contribution in [3.05, 3.63) is 70.0 Å². The summed E-state index contributed by atoms with van der Waals surface area (Å²) >= 11 is 3.27. The minimum absolute atomic E-state index is 0.299. The van der Waals surface area contributed by atoms with Gasteiger partial charge in [0, 0.05) is 16.9 Å². The molecule has 0 aliphatic heterocycles. The van der Waals surface area contributed by atoms with Crippen LogP contribution in [0.3, 0.4) is 0 Å². The number of amides is 1. The highest BCUT2D eigenvalue weighted by atomic mass is 79.9. The smallest absolute Gasteiger partial charge is 0.267 e. The summed E-state index contributed by atoms with van der Waals surface area (Å²) in [6.07, 6.45) is 6.70. The third-order valence-corrected chi connectivity index (χ3v) is 3.03. The standard InChI is InChI=1S/C16H14BrN3O/c1-12(7-13-5-3-2-4-6-13)9-19-20-16(21)14-8-15(17)11-18-10-14/h2-11H,1H3,(H,20,21)/b12-7+,19-9?. The van der Waals surface area contributed by atoms with E-state index in [0.29, 0.717) is 5.56 Å². The third kappa shape index (κ3) is 4.96. The number of benzene rings is 1. The van der Waals surface area contributed by atoms with E-state index in [0.717, 1.165) is 15.6 Å². The lowest BCUT2D eigenvalue weighted by atomic mass is 10.1. The monoisotopic (exact) mass is 343 g/mol. The highest BCUT2D eigenvalue weighted by molar-refractivity contribution is 9.10. The molecule has 1 amide bonds. The Kier molecular flexibility index (Phi) is 5.40. The van der Waals surface area contributed by atoms with Crippen molar-refractivity contribution in [2.75, 3.05) is 0 Å². The lowest BCUT2D eigenvalue weighted by Gasteiger charge is -1.99. The largest absolute Gasteiger partial charge is 0.272 e. The van der Waals surface area contributed by atoms with E-state index < -0.39 is 0 Å². The summed E-state index contributed by atoms with van der Waals surface area (Å²) in [6, 6.07) is 11.6. The number of hydrazone groups is 1. The highest BCUT2D eigenvalue weighted by Gasteiger charge is 2.04. The van der Waals surface area contributed by atoms with Crippen LogP contribution in [0.25, 0.3) is 6.08 Å². The second kappa shape index (κ2) is 7.50. The van der Waals surface area contributed by atoms with E-state index in [1.54, 1.807) is 18.5 Å². The summed E-state index contributed by atoms with van der Waals surface area (Å²) in [5.74, 6) is -0.299. The average Bonchev–Trinajstić information content (AvgIpc) is 2.48. The molecule has 4 nitrogen and oxygen atoms in total. The zero-order valence-corrected chi connectivity index (χ0v) is 13.0. The lowest BCUT2D eigenvalue weighted by molar-refractivity contribution is 0.0954. The Morgan fingerprint density at radius 2 is 2.05 bits per heavy atom. The molecule has 21 heavy (non-hydrogen) atoms. The van der Waals surface area contributed by atoms with Gasteiger partial charge in [-0.15, -0.1) is 0 Å². The second-order valence-electron chi connectivity index (χ2n) is 4.39. The maximum Gasteiger partial charge on any atom is 0.272 e. The Labute approximate surface area is 131 Å². The molecule has 1 aromatic heterocycles. The fourth-order valence-electron chi connectivity index (χ4n) is 1.64. The van der Waals surface area contributed by atoms with Gasteiger partial charge in [-0.3, -0.25) is 9.78 Å². The Balaban J connectivity index is 1.96. The van der Waals surface area contributed by atoms with Crippen LogP contribution in [0.2, 0.25) is 0 Å². The molecule has 106 valence electrons. The van der Waals surface area contributed by atoms with Gasteiger partial charge in [-0.1, -0.05) is 36.4 Å². The number of allylic oxidation sites excluding steroid dienone is 1. The summed E-state index contributed by atoms with van der Waals surface area (Å²) in [5.41, 5.74) is 4.95. The van der Waals surface area contributed by atoms with E-state index in [1.807, 2.05) is 43.3 Å². The minimum atomic E-state index is -0.299. The SMILES string of the molecule is C/C(C=NNC(=O)c1cncc(Br)c1)=C\c1ccccc1. The molecule has 0 fully saturated rings. The van der Waals surface area contributed by atoms with Crippen molar-refractivity contribution in [2.24, 2.45) is 5.10 Å². The van der Waals surface area contributed by atoms with Gasteiger partial charge in [0.15, 0.2) is 0 Å². The number of nitrogens with one attached hydrogen (secondary N) is 1. The predicted molar refractivity (Wildman–Crippen MR) is 88.0 cm³/mol. The molecule has 1 aromatic carbocycles. The second-order valence-corrected chi connectivity index (χ2v) is 5.31. The molecule has 1 heterocycles. The highest BCUT2D eigenvalue weighted by Crippen LogP contribution is 2.09. The van der Waals surface area contributed by atoms with Gasteiger partial charge in [-0.2, -0.15) is 5.10 Å². The van der Waals surface area contributed by atoms with Gasteiger partial charge in [-0.25, -0.2) is 5.43 Å². The molecule has 0 unspecified atom stereocenters. The summed E-state index contributed by atoms with van der Waals surface area (Å²) in [4.78, 5) is 15.8. The van der Waals surface area contributed by atoms with Crippen LogP contribution >= 0.6 is 15.9 Å². The first-order chi connectivity index (χ1) is 10.1. The molecule has 2 aromatic rings. The van der Waals surface area contributed by atoms with E-state index in [-0.39, 0.29) is 5.91 Å². The van der Waals surface area contributed by atoms with Gasteiger partial charge in [0.1, 0.15) is 0 Å². The van der Waals surface area contributed by atoms with Gasteiger partial charge in [0.05, 0.1) is 11.8 Å². The summed E-state index contributed by atoms with van der Waals surface area (Å²) in [6.45, 7) is 1.92. The molecule has 0 aliphatic rings. The maximum atomic E-state index is 11.8. The fourth-order valence-corrected chi connectivity index (χ4v) is 2.01. The summed E-state index contributed by atoms with van der Waals surface area (Å²) in [5, 5.41) is 3.94. The van der Waals surface area contributed by atoms with Crippen LogP contribution < -0.4 is 5.43 Å². The van der Waals surface area contributed by atoms with E-state index in [9.17, 15) is 4.79 Å². The fraction of sp³-hybridized carbons (Fsp3) is 0.0625. The lowest BCUT2D eigenvalue weighted by Crippen LogP contribution is -2.17. The van der Waals surface area contributed by atoms with Crippen LogP contribution in [-0.4, -0.2) is 17.1 Å². The molecule has 0 atom stereocenters. The van der Waals surface area contributed by atoms with Crippen LogP contribution in [0.1, 0.15) is 22.8 Å². The molecule has 1 N–H and O–H groups in total. The molecular weight excluding hydrogens is 330 g/mol. The average molecular weight is 344 g/mol. The zero-order chi connectivity index (χ0) is 15.1. The molecule has 5 heteroatoms. The molecule has 0 spiro atoms. The van der Waals surface area contributed by atoms with E-state index >= 15 is 0 Å². The van der Waals surface area contributed by atoms with Crippen molar-refractivity contribution in [3.8, 4) is 0 Å². The van der Waals surface area contributed by atoms with E-state index in [2.05, 4.69) is 31.4 Å². The first-order valence-electron chi connectivity index (χ1n) is 6.32. The number of carbonyl (C=O) groups excluding carboxylic acids is 1. The normalized spacial score (nSPS) is 11.6. The van der Waals surface area contributed by atoms with Crippen LogP contribution in [0.4, 0.5) is 0 Å². The van der Waals surface area contributed by atoms with Gasteiger partial charge < -0.3 is 0 Å². The number of aromatic nitrogens is 1. The van der Waals surface area contributed by atoms with Crippen molar-refractivity contribution >= 4 is 34.1 Å². The number of hydrogen-bond acceptors (Lipinski definition) is 3. The number of carbonyl (C=O) groups is 1. The topological polar surface area (TPSA) is 54.4 Å². The Morgan fingerprint density at radius 1 is 1.29 bits per heavy atom. The molecule has 0 aliphatic carbocycles. The molecular formula is C16H14BrN3O. The summed E-state index contributed by atoms with van der Waals surface area (Å²) < 4.78 is 0.749. The molecule has 0 saturated heterocycles. The molecule has 0 saturated carbocycles. The van der Waals surface area contributed by atoms with Gasteiger partial charge >= 0.3 is 0 Å². The van der Waals surface area contributed by atoms with Crippen molar-refractivity contribution in [2.45, 2.75) is 6.92 Å². The summed E-state index contributed by atoms with van der Waals surface area (Å²) in [7, 11) is 0.